The first-order valence-electron chi connectivity index (χ1n) is 10.4. The zero-order valence-electron chi connectivity index (χ0n) is 16.7. The summed E-state index contributed by atoms with van der Waals surface area (Å²) in [4.78, 5) is 29.4. The van der Waals surface area contributed by atoms with Crippen LogP contribution >= 0.6 is 0 Å². The number of nitrogens with one attached hydrogen (secondary N) is 1. The van der Waals surface area contributed by atoms with E-state index in [1.54, 1.807) is 0 Å². The van der Waals surface area contributed by atoms with Crippen molar-refractivity contribution in [2.45, 2.75) is 32.7 Å². The maximum absolute atomic E-state index is 12.6. The first kappa shape index (κ1) is 18.8. The van der Waals surface area contributed by atoms with Gasteiger partial charge < -0.3 is 20.9 Å². The summed E-state index contributed by atoms with van der Waals surface area (Å²) in [6.07, 6.45) is 2.33. The molecule has 150 valence electrons. The third-order valence-corrected chi connectivity index (χ3v) is 6.00. The number of nitrogens with two attached hydrogens (primary N) is 1. The van der Waals surface area contributed by atoms with Crippen LogP contribution in [0, 0.1) is 17.8 Å². The fraction of sp³-hybridized carbons (Fsp3) is 0.545. The van der Waals surface area contributed by atoms with Crippen LogP contribution in [0.25, 0.3) is 5.57 Å². The molecule has 0 aromatic heterocycles. The van der Waals surface area contributed by atoms with Crippen LogP contribution in [0.4, 0.5) is 4.79 Å². The molecule has 3 amide bonds. The van der Waals surface area contributed by atoms with Crippen LogP contribution in [-0.2, 0) is 4.79 Å². The first-order chi connectivity index (χ1) is 13.5. The molecule has 0 radical (unpaired) electrons. The van der Waals surface area contributed by atoms with E-state index in [1.165, 1.54) is 18.5 Å². The maximum atomic E-state index is 12.6. The molecule has 2 atom stereocenters. The molecule has 1 aliphatic carbocycles. The third kappa shape index (κ3) is 3.48. The van der Waals surface area contributed by atoms with Crippen molar-refractivity contribution >= 4 is 17.5 Å². The second-order valence-corrected chi connectivity index (χ2v) is 8.61. The molecule has 1 saturated carbocycles. The van der Waals surface area contributed by atoms with E-state index >= 15 is 0 Å². The summed E-state index contributed by atoms with van der Waals surface area (Å²) in [7, 11) is 0. The van der Waals surface area contributed by atoms with Crippen LogP contribution in [0.5, 0.6) is 0 Å². The number of carbonyl (C=O) groups excluding carboxylic acids is 2. The highest BCUT2D eigenvalue weighted by molar-refractivity contribution is 5.94. The SMILES string of the molecule is CC(C)CNC(=O)N1CCN2C(C3CC3)=C(c3ccccc3)C(C(N)=O)C2C1. The summed E-state index contributed by atoms with van der Waals surface area (Å²) in [5, 5.41) is 3.00. The smallest absolute Gasteiger partial charge is 0.317 e. The minimum Gasteiger partial charge on any atom is -0.369 e. The average Bonchev–Trinajstić information content (AvgIpc) is 3.46. The number of hydrogen-bond donors (Lipinski definition) is 2. The van der Waals surface area contributed by atoms with E-state index < -0.39 is 0 Å². The number of nitrogens with zero attached hydrogens (tertiary/aromatic N) is 2. The van der Waals surface area contributed by atoms with E-state index in [2.05, 4.69) is 36.2 Å². The molecule has 2 aliphatic heterocycles. The number of amides is 3. The molecule has 1 saturated heterocycles. The predicted molar refractivity (Wildman–Crippen MR) is 109 cm³/mol. The number of fused-ring (bicyclic) bond motifs is 1. The normalized spacial score (nSPS) is 24.5. The monoisotopic (exact) mass is 382 g/mol. The highest BCUT2D eigenvalue weighted by Gasteiger charge is 2.50. The van der Waals surface area contributed by atoms with Gasteiger partial charge in [0.05, 0.1) is 12.0 Å². The van der Waals surface area contributed by atoms with Crippen LogP contribution in [0.3, 0.4) is 0 Å². The third-order valence-electron chi connectivity index (χ3n) is 6.00. The number of urea groups is 1. The Balaban J connectivity index is 1.63. The summed E-state index contributed by atoms with van der Waals surface area (Å²) in [6.45, 7) is 6.77. The van der Waals surface area contributed by atoms with Gasteiger partial charge in [-0.2, -0.15) is 0 Å². The van der Waals surface area contributed by atoms with Gasteiger partial charge in [-0.05, 0) is 35.8 Å². The van der Waals surface area contributed by atoms with Crippen molar-refractivity contribution in [1.29, 1.82) is 0 Å². The van der Waals surface area contributed by atoms with Crippen molar-refractivity contribution in [3.05, 3.63) is 41.6 Å². The molecular formula is C22H30N4O2. The maximum Gasteiger partial charge on any atom is 0.317 e. The average molecular weight is 383 g/mol. The van der Waals surface area contributed by atoms with Crippen LogP contribution in [0.15, 0.2) is 36.0 Å². The fourth-order valence-corrected chi connectivity index (χ4v) is 4.58. The van der Waals surface area contributed by atoms with Crippen molar-refractivity contribution in [3.63, 3.8) is 0 Å². The lowest BCUT2D eigenvalue weighted by molar-refractivity contribution is -0.121. The lowest BCUT2D eigenvalue weighted by atomic mass is 9.87. The molecule has 28 heavy (non-hydrogen) atoms. The summed E-state index contributed by atoms with van der Waals surface area (Å²) in [6, 6.07) is 10.0. The van der Waals surface area contributed by atoms with Crippen molar-refractivity contribution in [2.24, 2.45) is 23.5 Å². The molecule has 1 aromatic rings. The highest BCUT2D eigenvalue weighted by Crippen LogP contribution is 2.51. The minimum atomic E-state index is -0.376. The highest BCUT2D eigenvalue weighted by atomic mass is 16.2. The Morgan fingerprint density at radius 2 is 1.89 bits per heavy atom. The number of piperazine rings is 1. The quantitative estimate of drug-likeness (QED) is 0.820. The van der Waals surface area contributed by atoms with E-state index in [1.807, 2.05) is 23.1 Å². The van der Waals surface area contributed by atoms with Gasteiger partial charge in [-0.15, -0.1) is 0 Å². The van der Waals surface area contributed by atoms with Gasteiger partial charge in [0, 0.05) is 31.9 Å². The van der Waals surface area contributed by atoms with Crippen molar-refractivity contribution in [1.82, 2.24) is 15.1 Å². The molecule has 0 spiro atoms. The molecule has 2 unspecified atom stereocenters. The number of allylic oxidation sites excluding steroid dienone is 1. The van der Waals surface area contributed by atoms with Gasteiger partial charge in [-0.3, -0.25) is 4.79 Å². The second kappa shape index (κ2) is 7.49. The summed E-state index contributed by atoms with van der Waals surface area (Å²) in [5.41, 5.74) is 9.38. The number of rotatable bonds is 5. The van der Waals surface area contributed by atoms with Crippen molar-refractivity contribution < 1.29 is 9.59 Å². The van der Waals surface area contributed by atoms with Gasteiger partial charge >= 0.3 is 6.03 Å². The van der Waals surface area contributed by atoms with Gasteiger partial charge in [0.2, 0.25) is 5.91 Å². The van der Waals surface area contributed by atoms with Crippen LogP contribution in [-0.4, -0.2) is 54.0 Å². The number of benzene rings is 1. The lowest BCUT2D eigenvalue weighted by Gasteiger charge is -2.41. The van der Waals surface area contributed by atoms with E-state index in [9.17, 15) is 9.59 Å². The zero-order valence-corrected chi connectivity index (χ0v) is 16.7. The second-order valence-electron chi connectivity index (χ2n) is 8.61. The van der Waals surface area contributed by atoms with Crippen LogP contribution in [0.1, 0.15) is 32.3 Å². The molecule has 1 aromatic carbocycles. The largest absolute Gasteiger partial charge is 0.369 e. The van der Waals surface area contributed by atoms with E-state index in [-0.39, 0.29) is 23.9 Å². The molecule has 6 heteroatoms. The van der Waals surface area contributed by atoms with Crippen LogP contribution in [0.2, 0.25) is 0 Å². The molecule has 0 bridgehead atoms. The number of primary amides is 1. The topological polar surface area (TPSA) is 78.7 Å². The standard InChI is InChI=1S/C22H30N4O2/c1-14(2)12-24-22(28)25-10-11-26-17(13-25)19(21(23)27)18(20(26)16-8-9-16)15-6-4-3-5-7-15/h3-7,14,16-17,19H,8-13H2,1-2H3,(H2,23,27)(H,24,28). The Kier molecular flexibility index (Phi) is 5.04. The predicted octanol–water partition coefficient (Wildman–Crippen LogP) is 2.27. The molecule has 2 heterocycles. The first-order valence-corrected chi connectivity index (χ1v) is 10.4. The zero-order chi connectivity index (χ0) is 19.8. The molecular weight excluding hydrogens is 352 g/mol. The summed E-state index contributed by atoms with van der Waals surface area (Å²) in [5.74, 6) is 0.249. The Labute approximate surface area is 166 Å². The van der Waals surface area contributed by atoms with Gasteiger partial charge in [0.15, 0.2) is 0 Å². The summed E-state index contributed by atoms with van der Waals surface area (Å²) < 4.78 is 0. The lowest BCUT2D eigenvalue weighted by Crippen LogP contribution is -2.57. The Morgan fingerprint density at radius 1 is 1.18 bits per heavy atom. The Morgan fingerprint density at radius 3 is 2.50 bits per heavy atom. The number of hydrogen-bond acceptors (Lipinski definition) is 3. The van der Waals surface area contributed by atoms with Gasteiger partial charge in [0.25, 0.3) is 0 Å². The van der Waals surface area contributed by atoms with E-state index in [4.69, 9.17) is 5.73 Å². The van der Waals surface area contributed by atoms with E-state index in [0.29, 0.717) is 31.5 Å². The van der Waals surface area contributed by atoms with Crippen molar-refractivity contribution in [3.8, 4) is 0 Å². The van der Waals surface area contributed by atoms with Gasteiger partial charge in [-0.1, -0.05) is 44.2 Å². The molecule has 4 rings (SSSR count). The van der Waals surface area contributed by atoms with Gasteiger partial charge in [0.1, 0.15) is 0 Å². The molecule has 3 aliphatic rings. The number of carbonyl (C=O) groups is 2. The Hall–Kier alpha value is -2.50. The Bertz CT molecular complexity index is 785. The van der Waals surface area contributed by atoms with Gasteiger partial charge in [-0.25, -0.2) is 4.79 Å². The minimum absolute atomic E-state index is 0.0438. The molecule has 6 nitrogen and oxygen atoms in total. The molecule has 3 N–H and O–H groups in total. The fourth-order valence-electron chi connectivity index (χ4n) is 4.58. The van der Waals surface area contributed by atoms with Crippen molar-refractivity contribution in [2.75, 3.05) is 26.2 Å². The van der Waals surface area contributed by atoms with Crippen LogP contribution < -0.4 is 11.1 Å². The molecule has 2 fully saturated rings. The summed E-state index contributed by atoms with van der Waals surface area (Å²) >= 11 is 0. The van der Waals surface area contributed by atoms with E-state index in [0.717, 1.165) is 17.7 Å².